The third-order valence-corrected chi connectivity index (χ3v) is 4.47. The third-order valence-electron chi connectivity index (χ3n) is 3.90. The molecule has 0 aliphatic carbocycles. The summed E-state index contributed by atoms with van der Waals surface area (Å²) in [5.74, 6) is 1.56. The van der Waals surface area contributed by atoms with Gasteiger partial charge in [-0.25, -0.2) is 4.98 Å². The highest BCUT2D eigenvalue weighted by Gasteiger charge is 2.25. The summed E-state index contributed by atoms with van der Waals surface area (Å²) in [6.07, 6.45) is 2.19. The van der Waals surface area contributed by atoms with E-state index in [2.05, 4.69) is 34.1 Å². The van der Waals surface area contributed by atoms with Gasteiger partial charge in [-0.05, 0) is 39.4 Å². The minimum Gasteiger partial charge on any atom is -0.369 e. The van der Waals surface area contributed by atoms with E-state index in [0.717, 1.165) is 44.8 Å². The normalized spacial score (nSPS) is 20.4. The predicted molar refractivity (Wildman–Crippen MR) is 92.0 cm³/mol. The first-order valence-corrected chi connectivity index (χ1v) is 8.37. The highest BCUT2D eigenvalue weighted by Crippen LogP contribution is 2.33. The molecule has 1 aliphatic heterocycles. The summed E-state index contributed by atoms with van der Waals surface area (Å²) in [6.45, 7) is 8.15. The van der Waals surface area contributed by atoms with Crippen LogP contribution in [0.1, 0.15) is 26.7 Å². The van der Waals surface area contributed by atoms with E-state index in [4.69, 9.17) is 23.2 Å². The Morgan fingerprint density at radius 1 is 1.29 bits per heavy atom. The number of nitrogens with one attached hydrogen (secondary N) is 1. The zero-order chi connectivity index (χ0) is 15.4. The van der Waals surface area contributed by atoms with Gasteiger partial charge in [-0.1, -0.05) is 30.1 Å². The van der Waals surface area contributed by atoms with Gasteiger partial charge in [0.1, 0.15) is 11.6 Å². The van der Waals surface area contributed by atoms with Crippen molar-refractivity contribution in [1.82, 2.24) is 9.88 Å². The molecule has 21 heavy (non-hydrogen) atoms. The molecule has 1 unspecified atom stereocenters. The molecule has 0 bridgehead atoms. The lowest BCUT2D eigenvalue weighted by Crippen LogP contribution is -2.40. The first-order chi connectivity index (χ1) is 10.1. The molecule has 1 N–H and O–H groups in total. The molecule has 1 aromatic heterocycles. The molecule has 0 amide bonds. The van der Waals surface area contributed by atoms with Crippen molar-refractivity contribution in [1.29, 1.82) is 0 Å². The third kappa shape index (κ3) is 3.93. The average molecular weight is 331 g/mol. The van der Waals surface area contributed by atoms with Crippen molar-refractivity contribution < 1.29 is 0 Å². The Kier molecular flexibility index (Phi) is 5.97. The molecule has 1 atom stereocenters. The van der Waals surface area contributed by atoms with Gasteiger partial charge in [0.25, 0.3) is 0 Å². The second-order valence-electron chi connectivity index (χ2n) is 5.53. The van der Waals surface area contributed by atoms with E-state index in [1.165, 1.54) is 0 Å². The van der Waals surface area contributed by atoms with Crippen molar-refractivity contribution in [2.45, 2.75) is 32.7 Å². The Balaban J connectivity index is 2.35. The van der Waals surface area contributed by atoms with E-state index < -0.39 is 0 Å². The number of hydrogen-bond acceptors (Lipinski definition) is 4. The molecule has 6 heteroatoms. The van der Waals surface area contributed by atoms with Crippen molar-refractivity contribution in [3.63, 3.8) is 0 Å². The highest BCUT2D eigenvalue weighted by molar-refractivity contribution is 6.37. The van der Waals surface area contributed by atoms with Crippen molar-refractivity contribution in [2.75, 3.05) is 43.4 Å². The van der Waals surface area contributed by atoms with Crippen LogP contribution in [0.3, 0.4) is 0 Å². The Morgan fingerprint density at radius 3 is 2.71 bits per heavy atom. The van der Waals surface area contributed by atoms with Gasteiger partial charge in [-0.3, -0.25) is 0 Å². The fourth-order valence-corrected chi connectivity index (χ4v) is 3.36. The molecule has 118 valence electrons. The number of halogens is 2. The molecule has 0 radical (unpaired) electrons. The lowest BCUT2D eigenvalue weighted by Gasteiger charge is -2.32. The van der Waals surface area contributed by atoms with E-state index in [9.17, 15) is 0 Å². The zero-order valence-electron chi connectivity index (χ0n) is 13.0. The second-order valence-corrected chi connectivity index (χ2v) is 6.34. The largest absolute Gasteiger partial charge is 0.369 e. The summed E-state index contributed by atoms with van der Waals surface area (Å²) < 4.78 is 0. The first-order valence-electron chi connectivity index (χ1n) is 7.61. The topological polar surface area (TPSA) is 31.4 Å². The average Bonchev–Trinajstić information content (AvgIpc) is 2.63. The van der Waals surface area contributed by atoms with Gasteiger partial charge in [-0.15, -0.1) is 0 Å². The van der Waals surface area contributed by atoms with E-state index in [0.29, 0.717) is 21.9 Å². The van der Waals surface area contributed by atoms with Gasteiger partial charge in [0.05, 0.1) is 10.0 Å². The molecule has 0 spiro atoms. The van der Waals surface area contributed by atoms with Gasteiger partial charge in [0, 0.05) is 25.7 Å². The summed E-state index contributed by atoms with van der Waals surface area (Å²) in [4.78, 5) is 9.40. The lowest BCUT2D eigenvalue weighted by atomic mass is 10.2. The first kappa shape index (κ1) is 16.7. The Labute approximate surface area is 137 Å². The molecular formula is C15H24Cl2N4. The van der Waals surface area contributed by atoms with E-state index in [1.807, 2.05) is 6.92 Å². The molecule has 1 saturated heterocycles. The van der Waals surface area contributed by atoms with Crippen molar-refractivity contribution in [2.24, 2.45) is 0 Å². The number of nitrogens with zero attached hydrogens (tertiary/aromatic N) is 3. The minimum absolute atomic E-state index is 0.429. The Morgan fingerprint density at radius 2 is 2.05 bits per heavy atom. The summed E-state index contributed by atoms with van der Waals surface area (Å²) in [6, 6.07) is 2.23. The lowest BCUT2D eigenvalue weighted by molar-refractivity contribution is 0.327. The van der Waals surface area contributed by atoms with Crippen LogP contribution in [0.25, 0.3) is 0 Å². The molecule has 1 aliphatic rings. The second kappa shape index (κ2) is 7.52. The predicted octanol–water partition coefficient (Wildman–Crippen LogP) is 3.74. The van der Waals surface area contributed by atoms with E-state index in [1.54, 1.807) is 6.07 Å². The minimum atomic E-state index is 0.429. The van der Waals surface area contributed by atoms with Crippen LogP contribution < -0.4 is 10.2 Å². The van der Waals surface area contributed by atoms with Crippen molar-refractivity contribution in [3.05, 3.63) is 16.1 Å². The Hall–Kier alpha value is -0.710. The van der Waals surface area contributed by atoms with Crippen LogP contribution in [0, 0.1) is 0 Å². The zero-order valence-corrected chi connectivity index (χ0v) is 14.5. The highest BCUT2D eigenvalue weighted by atomic mass is 35.5. The van der Waals surface area contributed by atoms with Crippen molar-refractivity contribution in [3.8, 4) is 0 Å². The molecule has 0 aromatic carbocycles. The number of anilines is 2. The van der Waals surface area contributed by atoms with Gasteiger partial charge in [0.15, 0.2) is 0 Å². The molecule has 0 saturated carbocycles. The number of aromatic nitrogens is 1. The van der Waals surface area contributed by atoms with Crippen LogP contribution in [0.15, 0.2) is 6.07 Å². The maximum atomic E-state index is 6.42. The molecule has 2 heterocycles. The van der Waals surface area contributed by atoms with Crippen molar-refractivity contribution >= 4 is 34.8 Å². The molecular weight excluding hydrogens is 307 g/mol. The van der Waals surface area contributed by atoms with Gasteiger partial charge in [0.2, 0.25) is 0 Å². The van der Waals surface area contributed by atoms with Gasteiger partial charge in [-0.2, -0.15) is 0 Å². The number of hydrogen-bond donors (Lipinski definition) is 1. The monoisotopic (exact) mass is 330 g/mol. The molecule has 4 nitrogen and oxygen atoms in total. The number of pyridine rings is 1. The van der Waals surface area contributed by atoms with Crippen LogP contribution >= 0.6 is 23.2 Å². The SMILES string of the molecule is CCNc1nc(N2CCCN(C)CC2CC)c(Cl)cc1Cl. The number of likely N-dealkylation sites (N-methyl/N-ethyl adjacent to an activating group) is 1. The summed E-state index contributed by atoms with van der Waals surface area (Å²) in [7, 11) is 2.17. The van der Waals surface area contributed by atoms with Crippen LogP contribution in [-0.4, -0.2) is 49.2 Å². The quantitative estimate of drug-likeness (QED) is 0.911. The van der Waals surface area contributed by atoms with Crippen LogP contribution in [0.4, 0.5) is 11.6 Å². The van der Waals surface area contributed by atoms with E-state index in [-0.39, 0.29) is 0 Å². The summed E-state index contributed by atoms with van der Waals surface area (Å²) in [5, 5.41) is 4.40. The van der Waals surface area contributed by atoms with Gasteiger partial charge >= 0.3 is 0 Å². The van der Waals surface area contributed by atoms with Crippen LogP contribution in [0.2, 0.25) is 10.0 Å². The molecule has 1 aromatic rings. The van der Waals surface area contributed by atoms with Gasteiger partial charge < -0.3 is 15.1 Å². The fraction of sp³-hybridized carbons (Fsp3) is 0.667. The van der Waals surface area contributed by atoms with Crippen LogP contribution in [0.5, 0.6) is 0 Å². The van der Waals surface area contributed by atoms with E-state index >= 15 is 0 Å². The maximum absolute atomic E-state index is 6.42. The summed E-state index contributed by atoms with van der Waals surface area (Å²) in [5.41, 5.74) is 0. The summed E-state index contributed by atoms with van der Waals surface area (Å²) >= 11 is 12.6. The fourth-order valence-electron chi connectivity index (χ4n) is 2.82. The molecule has 1 fully saturated rings. The maximum Gasteiger partial charge on any atom is 0.150 e. The van der Waals surface area contributed by atoms with Crippen LogP contribution in [-0.2, 0) is 0 Å². The Bertz CT molecular complexity index is 481. The number of rotatable bonds is 4. The smallest absolute Gasteiger partial charge is 0.150 e. The standard InChI is InChI=1S/C15H24Cl2N4/c1-4-11-10-20(3)7-6-8-21(11)15-13(17)9-12(16)14(19-15)18-5-2/h9,11H,4-8,10H2,1-3H3,(H,18,19). The molecule has 2 rings (SSSR count).